The van der Waals surface area contributed by atoms with Gasteiger partial charge in [-0.3, -0.25) is 4.79 Å². The topological polar surface area (TPSA) is 64.6 Å². The zero-order chi connectivity index (χ0) is 19.9. The van der Waals surface area contributed by atoms with Crippen molar-refractivity contribution in [2.45, 2.75) is 6.10 Å². The third-order valence-corrected chi connectivity index (χ3v) is 4.00. The average Bonchev–Trinajstić information content (AvgIpc) is 2.74. The van der Waals surface area contributed by atoms with E-state index in [9.17, 15) is 14.0 Å². The summed E-state index contributed by atoms with van der Waals surface area (Å²) >= 11 is 0. The third-order valence-electron chi connectivity index (χ3n) is 4.00. The summed E-state index contributed by atoms with van der Waals surface area (Å²) in [5.41, 5.74) is 1.10. The Morgan fingerprint density at radius 3 is 2.21 bits per heavy atom. The molecule has 1 N–H and O–H groups in total. The molecule has 5 nitrogen and oxygen atoms in total. The Hall–Kier alpha value is -3.67. The lowest BCUT2D eigenvalue weighted by Crippen LogP contribution is -2.26. The van der Waals surface area contributed by atoms with Crippen molar-refractivity contribution >= 4 is 17.6 Å². The standard InChI is InChI=1S/C22H18FNO4/c1-27-19-10-6-5-9-18(19)22(26)28-20(15-7-3-2-4-8-15)21(25)24-17-13-11-16(23)12-14-17/h2-14,20H,1H3,(H,24,25)/t20-/m0/s1. The Balaban J connectivity index is 1.86. The molecular formula is C22H18FNO4. The minimum absolute atomic E-state index is 0.209. The minimum atomic E-state index is -1.19. The molecule has 0 heterocycles. The molecule has 0 radical (unpaired) electrons. The highest BCUT2D eigenvalue weighted by molar-refractivity contribution is 5.99. The maximum atomic E-state index is 13.1. The van der Waals surface area contributed by atoms with E-state index < -0.39 is 23.8 Å². The van der Waals surface area contributed by atoms with Crippen LogP contribution in [0, 0.1) is 5.82 Å². The molecule has 0 aromatic heterocycles. The number of nitrogens with one attached hydrogen (secondary N) is 1. The molecule has 142 valence electrons. The summed E-state index contributed by atoms with van der Waals surface area (Å²) in [5, 5.41) is 2.64. The van der Waals surface area contributed by atoms with E-state index in [0.717, 1.165) is 0 Å². The van der Waals surface area contributed by atoms with Gasteiger partial charge in [0.05, 0.1) is 7.11 Å². The Bertz CT molecular complexity index is 958. The molecule has 0 unspecified atom stereocenters. The van der Waals surface area contributed by atoms with Gasteiger partial charge in [-0.25, -0.2) is 9.18 Å². The number of halogens is 1. The predicted octanol–water partition coefficient (Wildman–Crippen LogP) is 4.37. The highest BCUT2D eigenvalue weighted by Gasteiger charge is 2.27. The normalized spacial score (nSPS) is 11.4. The van der Waals surface area contributed by atoms with E-state index >= 15 is 0 Å². The molecule has 1 atom stereocenters. The summed E-state index contributed by atoms with van der Waals surface area (Å²) < 4.78 is 23.8. The third kappa shape index (κ3) is 4.54. The first-order valence-electron chi connectivity index (χ1n) is 8.54. The van der Waals surface area contributed by atoms with Gasteiger partial charge in [-0.15, -0.1) is 0 Å². The number of hydrogen-bond donors (Lipinski definition) is 1. The van der Waals surface area contributed by atoms with Crippen molar-refractivity contribution < 1.29 is 23.5 Å². The van der Waals surface area contributed by atoms with E-state index in [2.05, 4.69) is 5.32 Å². The Morgan fingerprint density at radius 2 is 1.54 bits per heavy atom. The summed E-state index contributed by atoms with van der Waals surface area (Å²) in [6, 6.07) is 20.6. The number of rotatable bonds is 6. The zero-order valence-electron chi connectivity index (χ0n) is 15.1. The summed E-state index contributed by atoms with van der Waals surface area (Å²) in [4.78, 5) is 25.5. The van der Waals surface area contributed by atoms with Crippen molar-refractivity contribution in [2.75, 3.05) is 12.4 Å². The molecule has 0 bridgehead atoms. The van der Waals surface area contributed by atoms with Crippen LogP contribution in [0.25, 0.3) is 0 Å². The van der Waals surface area contributed by atoms with Crippen LogP contribution in [0.3, 0.4) is 0 Å². The van der Waals surface area contributed by atoms with Gasteiger partial charge in [0.2, 0.25) is 6.10 Å². The summed E-state index contributed by atoms with van der Waals surface area (Å²) in [6.07, 6.45) is -1.19. The highest BCUT2D eigenvalue weighted by atomic mass is 19.1. The van der Waals surface area contributed by atoms with Gasteiger partial charge >= 0.3 is 5.97 Å². The summed E-state index contributed by atoms with van der Waals surface area (Å²) in [7, 11) is 1.45. The van der Waals surface area contributed by atoms with Gasteiger partial charge < -0.3 is 14.8 Å². The molecule has 3 rings (SSSR count). The van der Waals surface area contributed by atoms with Crippen LogP contribution < -0.4 is 10.1 Å². The molecule has 0 saturated carbocycles. The fourth-order valence-corrected chi connectivity index (χ4v) is 2.63. The summed E-state index contributed by atoms with van der Waals surface area (Å²) in [5.74, 6) is -1.32. The van der Waals surface area contributed by atoms with Crippen LogP contribution in [0.5, 0.6) is 5.75 Å². The number of carbonyl (C=O) groups excluding carboxylic acids is 2. The number of amides is 1. The van der Waals surface area contributed by atoms with Crippen molar-refractivity contribution in [1.29, 1.82) is 0 Å². The lowest BCUT2D eigenvalue weighted by Gasteiger charge is -2.19. The molecular weight excluding hydrogens is 361 g/mol. The van der Waals surface area contributed by atoms with Gasteiger partial charge in [-0.2, -0.15) is 0 Å². The lowest BCUT2D eigenvalue weighted by atomic mass is 10.1. The van der Waals surface area contributed by atoms with Gasteiger partial charge in [0.25, 0.3) is 5.91 Å². The van der Waals surface area contributed by atoms with Gasteiger partial charge in [-0.1, -0.05) is 42.5 Å². The molecule has 3 aromatic carbocycles. The number of esters is 1. The Labute approximate surface area is 161 Å². The van der Waals surface area contributed by atoms with Crippen LogP contribution in [0.15, 0.2) is 78.9 Å². The van der Waals surface area contributed by atoms with E-state index in [1.165, 1.54) is 31.4 Å². The van der Waals surface area contributed by atoms with Gasteiger partial charge in [0.15, 0.2) is 0 Å². The number of hydrogen-bond acceptors (Lipinski definition) is 4. The van der Waals surface area contributed by atoms with Crippen LogP contribution >= 0.6 is 0 Å². The number of anilines is 1. The number of benzene rings is 3. The predicted molar refractivity (Wildman–Crippen MR) is 103 cm³/mol. The first kappa shape index (κ1) is 19.1. The molecule has 6 heteroatoms. The van der Waals surface area contributed by atoms with Crippen LogP contribution in [-0.4, -0.2) is 19.0 Å². The van der Waals surface area contributed by atoms with Crippen molar-refractivity contribution in [1.82, 2.24) is 0 Å². The van der Waals surface area contributed by atoms with Crippen LogP contribution in [0.2, 0.25) is 0 Å². The fourth-order valence-electron chi connectivity index (χ4n) is 2.63. The van der Waals surface area contributed by atoms with Gasteiger partial charge in [-0.05, 0) is 36.4 Å². The van der Waals surface area contributed by atoms with Crippen molar-refractivity contribution in [3.05, 3.63) is 95.8 Å². The van der Waals surface area contributed by atoms with Gasteiger partial charge in [0.1, 0.15) is 17.1 Å². The number of methoxy groups -OCH3 is 1. The minimum Gasteiger partial charge on any atom is -0.496 e. The van der Waals surface area contributed by atoms with Crippen LogP contribution in [0.1, 0.15) is 22.0 Å². The second kappa shape index (κ2) is 8.81. The molecule has 0 fully saturated rings. The van der Waals surface area contributed by atoms with Gasteiger partial charge in [0, 0.05) is 11.3 Å². The molecule has 0 aliphatic carbocycles. The number of ether oxygens (including phenoxy) is 2. The second-order valence-electron chi connectivity index (χ2n) is 5.89. The molecule has 3 aromatic rings. The largest absolute Gasteiger partial charge is 0.496 e. The number of carbonyl (C=O) groups is 2. The van der Waals surface area contributed by atoms with E-state index in [4.69, 9.17) is 9.47 Å². The first-order chi connectivity index (χ1) is 13.6. The number of para-hydroxylation sites is 1. The second-order valence-corrected chi connectivity index (χ2v) is 5.89. The lowest BCUT2D eigenvalue weighted by molar-refractivity contribution is -0.125. The molecule has 0 aliphatic rings. The van der Waals surface area contributed by atoms with E-state index in [0.29, 0.717) is 17.0 Å². The van der Waals surface area contributed by atoms with Crippen LogP contribution in [0.4, 0.5) is 10.1 Å². The highest BCUT2D eigenvalue weighted by Crippen LogP contribution is 2.25. The zero-order valence-corrected chi connectivity index (χ0v) is 15.1. The molecule has 0 aliphatic heterocycles. The Kier molecular flexibility index (Phi) is 6.01. The fraction of sp³-hybridized carbons (Fsp3) is 0.0909. The van der Waals surface area contributed by atoms with Crippen molar-refractivity contribution in [2.24, 2.45) is 0 Å². The maximum absolute atomic E-state index is 13.1. The molecule has 0 saturated heterocycles. The quantitative estimate of drug-likeness (QED) is 0.646. The maximum Gasteiger partial charge on any atom is 0.343 e. The van der Waals surface area contributed by atoms with Crippen molar-refractivity contribution in [3.63, 3.8) is 0 Å². The van der Waals surface area contributed by atoms with Crippen molar-refractivity contribution in [3.8, 4) is 5.75 Å². The monoisotopic (exact) mass is 379 g/mol. The summed E-state index contributed by atoms with van der Waals surface area (Å²) in [6.45, 7) is 0. The smallest absolute Gasteiger partial charge is 0.343 e. The first-order valence-corrected chi connectivity index (χ1v) is 8.54. The van der Waals surface area contributed by atoms with E-state index in [1.807, 2.05) is 0 Å². The van der Waals surface area contributed by atoms with E-state index in [1.54, 1.807) is 54.6 Å². The molecule has 28 heavy (non-hydrogen) atoms. The Morgan fingerprint density at radius 1 is 0.893 bits per heavy atom. The van der Waals surface area contributed by atoms with E-state index in [-0.39, 0.29) is 5.56 Å². The SMILES string of the molecule is COc1ccccc1C(=O)O[C@H](C(=O)Nc1ccc(F)cc1)c1ccccc1. The van der Waals surface area contributed by atoms with Crippen LogP contribution in [-0.2, 0) is 9.53 Å². The molecule has 0 spiro atoms. The average molecular weight is 379 g/mol. The molecule has 1 amide bonds.